The summed E-state index contributed by atoms with van der Waals surface area (Å²) in [7, 11) is 0. The van der Waals surface area contributed by atoms with Crippen LogP contribution in [0.3, 0.4) is 0 Å². The van der Waals surface area contributed by atoms with Crippen molar-refractivity contribution in [3.05, 3.63) is 18.0 Å². The van der Waals surface area contributed by atoms with Crippen molar-refractivity contribution in [1.82, 2.24) is 15.1 Å². The van der Waals surface area contributed by atoms with Crippen molar-refractivity contribution in [2.45, 2.75) is 78.3 Å². The van der Waals surface area contributed by atoms with Gasteiger partial charge in [0.1, 0.15) is 0 Å². The zero-order valence-electron chi connectivity index (χ0n) is 14.1. The zero-order valence-corrected chi connectivity index (χ0v) is 14.1. The van der Waals surface area contributed by atoms with Crippen molar-refractivity contribution < 1.29 is 0 Å². The van der Waals surface area contributed by atoms with Crippen LogP contribution in [0.5, 0.6) is 0 Å². The predicted molar refractivity (Wildman–Crippen MR) is 89.3 cm³/mol. The van der Waals surface area contributed by atoms with E-state index in [-0.39, 0.29) is 0 Å². The van der Waals surface area contributed by atoms with Crippen molar-refractivity contribution >= 4 is 0 Å². The summed E-state index contributed by atoms with van der Waals surface area (Å²) in [5.74, 6) is 1.76. The molecule has 1 heterocycles. The number of rotatable bonds is 8. The first-order valence-electron chi connectivity index (χ1n) is 9.05. The number of hydrogen-bond donors (Lipinski definition) is 1. The van der Waals surface area contributed by atoms with Gasteiger partial charge in [0, 0.05) is 12.7 Å². The van der Waals surface area contributed by atoms with Gasteiger partial charge in [0.15, 0.2) is 0 Å². The summed E-state index contributed by atoms with van der Waals surface area (Å²) >= 11 is 0. The Bertz CT molecular complexity index is 391. The Morgan fingerprint density at radius 2 is 1.95 bits per heavy atom. The predicted octanol–water partition coefficient (Wildman–Crippen LogP) is 4.55. The second-order valence-electron chi connectivity index (χ2n) is 6.58. The van der Waals surface area contributed by atoms with Crippen LogP contribution in [0.15, 0.2) is 12.3 Å². The summed E-state index contributed by atoms with van der Waals surface area (Å²) in [6.07, 6.45) is 11.5. The number of nitrogens with one attached hydrogen (secondary N) is 1. The summed E-state index contributed by atoms with van der Waals surface area (Å²) in [5.41, 5.74) is 1.40. The highest BCUT2D eigenvalue weighted by Crippen LogP contribution is 2.38. The Balaban J connectivity index is 2.03. The van der Waals surface area contributed by atoms with Gasteiger partial charge in [-0.1, -0.05) is 46.5 Å². The maximum Gasteiger partial charge on any atom is 0.0556 e. The fraction of sp³-hybridized carbons (Fsp3) is 0.833. The minimum atomic E-state index is 0.492. The maximum atomic E-state index is 4.52. The topological polar surface area (TPSA) is 29.9 Å². The lowest BCUT2D eigenvalue weighted by atomic mass is 9.76. The van der Waals surface area contributed by atoms with Crippen LogP contribution in [0.25, 0.3) is 0 Å². The molecule has 1 unspecified atom stereocenters. The van der Waals surface area contributed by atoms with Gasteiger partial charge in [-0.05, 0) is 43.7 Å². The van der Waals surface area contributed by atoms with E-state index in [1.54, 1.807) is 0 Å². The molecular weight excluding hydrogens is 258 g/mol. The fourth-order valence-corrected chi connectivity index (χ4v) is 3.96. The van der Waals surface area contributed by atoms with Crippen molar-refractivity contribution in [1.29, 1.82) is 0 Å². The molecule has 3 nitrogen and oxygen atoms in total. The largest absolute Gasteiger partial charge is 0.309 e. The SMILES string of the molecule is CCCC1CCC(C(NCC)c2ccnn2CCC)CC1. The molecule has 1 N–H and O–H groups in total. The van der Waals surface area contributed by atoms with Crippen LogP contribution in [-0.2, 0) is 6.54 Å². The Hall–Kier alpha value is -0.830. The molecule has 0 radical (unpaired) electrons. The number of aromatic nitrogens is 2. The highest BCUT2D eigenvalue weighted by atomic mass is 15.3. The van der Waals surface area contributed by atoms with Gasteiger partial charge < -0.3 is 5.32 Å². The third kappa shape index (κ3) is 4.32. The summed E-state index contributed by atoms with van der Waals surface area (Å²) in [6.45, 7) is 8.84. The molecule has 0 bridgehead atoms. The van der Waals surface area contributed by atoms with Gasteiger partial charge in [0.25, 0.3) is 0 Å². The van der Waals surface area contributed by atoms with Crippen LogP contribution >= 0.6 is 0 Å². The summed E-state index contributed by atoms with van der Waals surface area (Å²) in [5, 5.41) is 8.26. The summed E-state index contributed by atoms with van der Waals surface area (Å²) in [4.78, 5) is 0. The molecule has 21 heavy (non-hydrogen) atoms. The van der Waals surface area contributed by atoms with Gasteiger partial charge in [-0.25, -0.2) is 0 Å². The van der Waals surface area contributed by atoms with Crippen molar-refractivity contribution in [3.8, 4) is 0 Å². The smallest absolute Gasteiger partial charge is 0.0556 e. The van der Waals surface area contributed by atoms with E-state index in [2.05, 4.69) is 41.9 Å². The first kappa shape index (κ1) is 16.5. The lowest BCUT2D eigenvalue weighted by molar-refractivity contribution is 0.209. The highest BCUT2D eigenvalue weighted by molar-refractivity contribution is 5.09. The van der Waals surface area contributed by atoms with E-state index >= 15 is 0 Å². The molecule has 1 aliphatic rings. The molecule has 3 heteroatoms. The number of hydrogen-bond acceptors (Lipinski definition) is 2. The van der Waals surface area contributed by atoms with E-state index in [1.165, 1.54) is 44.2 Å². The van der Waals surface area contributed by atoms with E-state index in [0.29, 0.717) is 6.04 Å². The molecule has 0 spiro atoms. The minimum absolute atomic E-state index is 0.492. The monoisotopic (exact) mass is 291 g/mol. The average Bonchev–Trinajstić information content (AvgIpc) is 2.95. The second kappa shape index (κ2) is 8.57. The number of nitrogens with zero attached hydrogens (tertiary/aromatic N) is 2. The summed E-state index contributed by atoms with van der Waals surface area (Å²) in [6, 6.07) is 2.72. The molecule has 120 valence electrons. The molecule has 1 atom stereocenters. The molecule has 1 fully saturated rings. The molecule has 0 saturated heterocycles. The van der Waals surface area contributed by atoms with Gasteiger partial charge in [0.2, 0.25) is 0 Å². The lowest BCUT2D eigenvalue weighted by Crippen LogP contribution is -2.32. The van der Waals surface area contributed by atoms with Crippen LogP contribution in [0.4, 0.5) is 0 Å². The molecule has 1 saturated carbocycles. The van der Waals surface area contributed by atoms with Crippen LogP contribution in [0.2, 0.25) is 0 Å². The summed E-state index contributed by atoms with van der Waals surface area (Å²) < 4.78 is 2.21. The molecule has 0 amide bonds. The van der Waals surface area contributed by atoms with E-state index in [0.717, 1.165) is 31.3 Å². The van der Waals surface area contributed by atoms with Gasteiger partial charge in [-0.15, -0.1) is 0 Å². The average molecular weight is 291 g/mol. The molecule has 2 rings (SSSR count). The third-order valence-corrected chi connectivity index (χ3v) is 4.99. The van der Waals surface area contributed by atoms with Crippen molar-refractivity contribution in [2.24, 2.45) is 11.8 Å². The quantitative estimate of drug-likeness (QED) is 0.761. The molecule has 0 aromatic carbocycles. The maximum absolute atomic E-state index is 4.52. The number of aryl methyl sites for hydroxylation is 1. The van der Waals surface area contributed by atoms with E-state index in [4.69, 9.17) is 0 Å². The van der Waals surface area contributed by atoms with Crippen LogP contribution in [-0.4, -0.2) is 16.3 Å². The Kier molecular flexibility index (Phi) is 6.75. The minimum Gasteiger partial charge on any atom is -0.309 e. The van der Waals surface area contributed by atoms with Crippen LogP contribution in [0.1, 0.15) is 77.5 Å². The van der Waals surface area contributed by atoms with Crippen LogP contribution in [0, 0.1) is 11.8 Å². The molecule has 1 aromatic rings. The van der Waals surface area contributed by atoms with E-state index in [9.17, 15) is 0 Å². The highest BCUT2D eigenvalue weighted by Gasteiger charge is 2.29. The van der Waals surface area contributed by atoms with E-state index < -0.39 is 0 Å². The van der Waals surface area contributed by atoms with Gasteiger partial charge >= 0.3 is 0 Å². The Labute approximate surface area is 130 Å². The zero-order chi connectivity index (χ0) is 15.1. The van der Waals surface area contributed by atoms with Gasteiger partial charge in [-0.3, -0.25) is 4.68 Å². The normalized spacial score (nSPS) is 24.1. The van der Waals surface area contributed by atoms with Gasteiger partial charge in [-0.2, -0.15) is 5.10 Å². The van der Waals surface area contributed by atoms with Crippen molar-refractivity contribution in [3.63, 3.8) is 0 Å². The van der Waals surface area contributed by atoms with Gasteiger partial charge in [0.05, 0.1) is 11.7 Å². The van der Waals surface area contributed by atoms with Crippen molar-refractivity contribution in [2.75, 3.05) is 6.54 Å². The standard InChI is InChI=1S/C18H33N3/c1-4-7-15-8-10-16(11-9-15)18(19-6-3)17-12-13-20-21(17)14-5-2/h12-13,15-16,18-19H,4-11,14H2,1-3H3. The molecular formula is C18H33N3. The molecule has 0 aliphatic heterocycles. The second-order valence-corrected chi connectivity index (χ2v) is 6.58. The fourth-order valence-electron chi connectivity index (χ4n) is 3.96. The Morgan fingerprint density at radius 3 is 2.57 bits per heavy atom. The van der Waals surface area contributed by atoms with Crippen LogP contribution < -0.4 is 5.32 Å². The van der Waals surface area contributed by atoms with E-state index in [1.807, 2.05) is 6.20 Å². The lowest BCUT2D eigenvalue weighted by Gasteiger charge is -2.34. The molecule has 1 aromatic heterocycles. The first-order chi connectivity index (χ1) is 10.3. The third-order valence-electron chi connectivity index (χ3n) is 4.99. The molecule has 1 aliphatic carbocycles. The Morgan fingerprint density at radius 1 is 1.19 bits per heavy atom. The first-order valence-corrected chi connectivity index (χ1v) is 9.05.